The molecule has 0 rings (SSSR count). The quantitative estimate of drug-likeness (QED) is 0.365. The molecule has 0 bridgehead atoms. The summed E-state index contributed by atoms with van der Waals surface area (Å²) in [4.78, 5) is 11.5. The maximum atomic E-state index is 11.5. The third kappa shape index (κ3) is 8.39. The summed E-state index contributed by atoms with van der Waals surface area (Å²) in [6, 6.07) is 1.02. The van der Waals surface area contributed by atoms with Crippen LogP contribution in [0.2, 0.25) is 32.2 Å². The Kier molecular flexibility index (Phi) is 7.85. The SMILES string of the molecule is C=C[Si](C)(C)O[Si](C)(C)CCCOC(=O)C(C)CC. The molecule has 0 radical (unpaired) electrons. The second kappa shape index (κ2) is 8.02. The van der Waals surface area contributed by atoms with Crippen LogP contribution >= 0.6 is 0 Å². The van der Waals surface area contributed by atoms with Crippen molar-refractivity contribution in [2.75, 3.05) is 6.61 Å². The third-order valence-electron chi connectivity index (χ3n) is 3.21. The molecule has 5 heteroatoms. The van der Waals surface area contributed by atoms with Crippen LogP contribution in [0.5, 0.6) is 0 Å². The minimum atomic E-state index is -1.70. The van der Waals surface area contributed by atoms with E-state index in [0.717, 1.165) is 18.9 Å². The normalized spacial score (nSPS) is 14.0. The Morgan fingerprint density at radius 2 is 1.89 bits per heavy atom. The van der Waals surface area contributed by atoms with E-state index in [-0.39, 0.29) is 11.9 Å². The van der Waals surface area contributed by atoms with Crippen molar-refractivity contribution in [3.8, 4) is 0 Å². The molecule has 0 amide bonds. The van der Waals surface area contributed by atoms with Crippen molar-refractivity contribution in [2.24, 2.45) is 5.92 Å². The first-order valence-electron chi connectivity index (χ1n) is 7.14. The van der Waals surface area contributed by atoms with Gasteiger partial charge in [0.05, 0.1) is 12.5 Å². The number of rotatable bonds is 9. The summed E-state index contributed by atoms with van der Waals surface area (Å²) in [6.45, 7) is 17.0. The van der Waals surface area contributed by atoms with E-state index in [9.17, 15) is 4.79 Å². The van der Waals surface area contributed by atoms with Gasteiger partial charge < -0.3 is 8.85 Å². The lowest BCUT2D eigenvalue weighted by atomic mass is 10.1. The minimum absolute atomic E-state index is 0.00797. The van der Waals surface area contributed by atoms with Crippen molar-refractivity contribution in [1.82, 2.24) is 0 Å². The molecule has 0 aromatic carbocycles. The number of carbonyl (C=O) groups is 1. The highest BCUT2D eigenvalue weighted by molar-refractivity contribution is 6.87. The zero-order valence-corrected chi connectivity index (χ0v) is 15.4. The summed E-state index contributed by atoms with van der Waals surface area (Å²) < 4.78 is 11.5. The Labute approximate surface area is 120 Å². The van der Waals surface area contributed by atoms with Gasteiger partial charge in [-0.25, -0.2) is 0 Å². The molecule has 112 valence electrons. The van der Waals surface area contributed by atoms with Crippen LogP contribution in [-0.4, -0.2) is 29.2 Å². The van der Waals surface area contributed by atoms with E-state index in [1.807, 2.05) is 19.5 Å². The first kappa shape index (κ1) is 18.6. The summed E-state index contributed by atoms with van der Waals surface area (Å²) in [6.07, 6.45) is 1.73. The molecular weight excluding hydrogens is 272 g/mol. The van der Waals surface area contributed by atoms with Crippen molar-refractivity contribution < 1.29 is 13.6 Å². The van der Waals surface area contributed by atoms with Gasteiger partial charge in [0, 0.05) is 0 Å². The van der Waals surface area contributed by atoms with Gasteiger partial charge in [-0.05, 0) is 45.1 Å². The Morgan fingerprint density at radius 3 is 2.37 bits per heavy atom. The second-order valence-electron chi connectivity index (χ2n) is 6.25. The van der Waals surface area contributed by atoms with Crippen molar-refractivity contribution in [3.05, 3.63) is 12.3 Å². The molecule has 0 fully saturated rings. The topological polar surface area (TPSA) is 35.5 Å². The fraction of sp³-hybridized carbons (Fsp3) is 0.786. The van der Waals surface area contributed by atoms with Gasteiger partial charge in [-0.3, -0.25) is 4.79 Å². The van der Waals surface area contributed by atoms with Crippen molar-refractivity contribution in [3.63, 3.8) is 0 Å². The molecule has 0 heterocycles. The zero-order valence-electron chi connectivity index (χ0n) is 13.4. The van der Waals surface area contributed by atoms with Crippen LogP contribution < -0.4 is 0 Å². The molecule has 3 nitrogen and oxygen atoms in total. The monoisotopic (exact) mass is 302 g/mol. The van der Waals surface area contributed by atoms with Gasteiger partial charge in [0.1, 0.15) is 0 Å². The van der Waals surface area contributed by atoms with Crippen molar-refractivity contribution in [2.45, 2.75) is 58.9 Å². The summed E-state index contributed by atoms with van der Waals surface area (Å²) in [5, 5.41) is 0. The number of hydrogen-bond acceptors (Lipinski definition) is 3. The lowest BCUT2D eigenvalue weighted by Crippen LogP contribution is -2.43. The maximum Gasteiger partial charge on any atom is 0.308 e. The molecule has 0 aliphatic heterocycles. The van der Waals surface area contributed by atoms with Crippen LogP contribution in [0.25, 0.3) is 0 Å². The lowest BCUT2D eigenvalue weighted by Gasteiger charge is -2.31. The van der Waals surface area contributed by atoms with E-state index in [1.165, 1.54) is 0 Å². The molecular formula is C14H30O3Si2. The average Bonchev–Trinajstić information content (AvgIpc) is 2.32. The van der Waals surface area contributed by atoms with Crippen molar-refractivity contribution in [1.29, 1.82) is 0 Å². The number of hydrogen-bond donors (Lipinski definition) is 0. The van der Waals surface area contributed by atoms with Crippen LogP contribution in [0.4, 0.5) is 0 Å². The fourth-order valence-corrected chi connectivity index (χ4v) is 9.22. The predicted octanol–water partition coefficient (Wildman–Crippen LogP) is 4.12. The molecule has 0 N–H and O–H groups in total. The van der Waals surface area contributed by atoms with E-state index in [2.05, 4.69) is 32.8 Å². The molecule has 0 spiro atoms. The van der Waals surface area contributed by atoms with E-state index in [0.29, 0.717) is 6.61 Å². The Hall–Kier alpha value is -0.396. The largest absolute Gasteiger partial charge is 0.465 e. The highest BCUT2D eigenvalue weighted by Crippen LogP contribution is 2.20. The van der Waals surface area contributed by atoms with E-state index < -0.39 is 16.6 Å². The summed E-state index contributed by atoms with van der Waals surface area (Å²) in [5.74, 6) is -0.0719. The van der Waals surface area contributed by atoms with Gasteiger partial charge in [0.25, 0.3) is 0 Å². The molecule has 1 unspecified atom stereocenters. The van der Waals surface area contributed by atoms with Crippen LogP contribution in [0.15, 0.2) is 12.3 Å². The van der Waals surface area contributed by atoms with Gasteiger partial charge in [0.15, 0.2) is 16.6 Å². The predicted molar refractivity (Wildman–Crippen MR) is 86.1 cm³/mol. The summed E-state index contributed by atoms with van der Waals surface area (Å²) in [5.41, 5.74) is 1.98. The van der Waals surface area contributed by atoms with Crippen LogP contribution in [0.1, 0.15) is 26.7 Å². The van der Waals surface area contributed by atoms with Gasteiger partial charge in [-0.1, -0.05) is 19.5 Å². The van der Waals surface area contributed by atoms with E-state index in [4.69, 9.17) is 8.85 Å². The van der Waals surface area contributed by atoms with Crippen LogP contribution in [0.3, 0.4) is 0 Å². The van der Waals surface area contributed by atoms with Gasteiger partial charge in [0.2, 0.25) is 0 Å². The van der Waals surface area contributed by atoms with Crippen molar-refractivity contribution >= 4 is 22.6 Å². The molecule has 19 heavy (non-hydrogen) atoms. The Balaban J connectivity index is 4.00. The van der Waals surface area contributed by atoms with E-state index >= 15 is 0 Å². The van der Waals surface area contributed by atoms with Crippen LogP contribution in [-0.2, 0) is 13.6 Å². The maximum absolute atomic E-state index is 11.5. The summed E-state index contributed by atoms with van der Waals surface area (Å²) >= 11 is 0. The average molecular weight is 303 g/mol. The first-order chi connectivity index (χ1) is 8.63. The highest BCUT2D eigenvalue weighted by atomic mass is 28.4. The molecule has 0 aromatic rings. The number of carbonyl (C=O) groups excluding carboxylic acids is 1. The Bertz CT molecular complexity index is 301. The lowest BCUT2D eigenvalue weighted by molar-refractivity contribution is -0.148. The third-order valence-corrected chi connectivity index (χ3v) is 10.1. The molecule has 0 saturated carbocycles. The number of ether oxygens (including phenoxy) is 1. The molecule has 0 aliphatic carbocycles. The molecule has 0 saturated heterocycles. The first-order valence-corrected chi connectivity index (χ1v) is 13.2. The molecule has 0 aromatic heterocycles. The summed E-state index contributed by atoms with van der Waals surface area (Å²) in [7, 11) is -3.37. The zero-order chi connectivity index (χ0) is 15.1. The smallest absolute Gasteiger partial charge is 0.308 e. The van der Waals surface area contributed by atoms with Gasteiger partial charge in [-0.15, -0.1) is 6.58 Å². The fourth-order valence-electron chi connectivity index (χ4n) is 1.78. The molecule has 0 aliphatic rings. The minimum Gasteiger partial charge on any atom is -0.465 e. The standard InChI is InChI=1S/C14H30O3Si2/c1-8-13(3)14(15)16-11-10-12-19(6,7)17-18(4,5)9-2/h9,13H,2,8,10-12H2,1,3-7H3. The second-order valence-corrected chi connectivity index (χ2v) is 14.7. The Morgan fingerprint density at radius 1 is 1.32 bits per heavy atom. The number of esters is 1. The van der Waals surface area contributed by atoms with Crippen LogP contribution in [0, 0.1) is 5.92 Å². The highest BCUT2D eigenvalue weighted by Gasteiger charge is 2.30. The van der Waals surface area contributed by atoms with E-state index in [1.54, 1.807) is 0 Å². The van der Waals surface area contributed by atoms with Gasteiger partial charge >= 0.3 is 5.97 Å². The molecule has 1 atom stereocenters. The van der Waals surface area contributed by atoms with Gasteiger partial charge in [-0.2, -0.15) is 0 Å².